The highest BCUT2D eigenvalue weighted by Gasteiger charge is 2.24. The van der Waals surface area contributed by atoms with Gasteiger partial charge in [0.25, 0.3) is 0 Å². The predicted octanol–water partition coefficient (Wildman–Crippen LogP) is 4.43. The molecule has 2 aromatic heterocycles. The van der Waals surface area contributed by atoms with Crippen molar-refractivity contribution < 1.29 is 0 Å². The highest BCUT2D eigenvalue weighted by atomic mass is 35.5. The van der Waals surface area contributed by atoms with Crippen molar-refractivity contribution >= 4 is 35.0 Å². The average Bonchev–Trinajstić information content (AvgIpc) is 2.54. The Bertz CT molecular complexity index is 625. The van der Waals surface area contributed by atoms with Crippen LogP contribution in [-0.2, 0) is 6.54 Å². The molecule has 0 fully saturated rings. The summed E-state index contributed by atoms with van der Waals surface area (Å²) in [6.45, 7) is 9.78. The zero-order valence-corrected chi connectivity index (χ0v) is 12.7. The van der Waals surface area contributed by atoms with Gasteiger partial charge in [-0.05, 0) is 29.6 Å². The van der Waals surface area contributed by atoms with Crippen LogP contribution in [0.3, 0.4) is 0 Å². The molecule has 0 bridgehead atoms. The maximum atomic E-state index is 5.94. The molecule has 2 aromatic rings. The first-order chi connectivity index (χ1) is 8.31. The van der Waals surface area contributed by atoms with Crippen LogP contribution in [0.25, 0.3) is 11.2 Å². The average molecular weight is 284 g/mol. The minimum absolute atomic E-state index is 0.161. The number of hydrogen-bond donors (Lipinski definition) is 1. The minimum Gasteiger partial charge on any atom is -0.329 e. The van der Waals surface area contributed by atoms with Gasteiger partial charge in [-0.2, -0.15) is 0 Å². The van der Waals surface area contributed by atoms with Crippen molar-refractivity contribution in [1.29, 1.82) is 0 Å². The summed E-state index contributed by atoms with van der Waals surface area (Å²) >= 11 is 11.3. The SMILES string of the molecule is CC(C)C(C)(C)Cn1c(=S)[nH]c2cc(Cl)cnc21. The van der Waals surface area contributed by atoms with Gasteiger partial charge in [0.2, 0.25) is 0 Å². The molecule has 0 saturated carbocycles. The number of aromatic amines is 1. The van der Waals surface area contributed by atoms with E-state index in [2.05, 4.69) is 42.2 Å². The largest absolute Gasteiger partial charge is 0.329 e. The molecule has 0 radical (unpaired) electrons. The number of halogens is 1. The standard InChI is InChI=1S/C13H18ClN3S/c1-8(2)13(3,4)7-17-11-10(16-12(17)18)5-9(14)6-15-11/h5-6,8H,7H2,1-4H3,(H,16,18). The third kappa shape index (κ3) is 2.45. The van der Waals surface area contributed by atoms with Crippen molar-refractivity contribution in [1.82, 2.24) is 14.5 Å². The Kier molecular flexibility index (Phi) is 3.52. The third-order valence-electron chi connectivity index (χ3n) is 3.70. The van der Waals surface area contributed by atoms with E-state index >= 15 is 0 Å². The number of aromatic nitrogens is 3. The number of fused-ring (bicyclic) bond motifs is 1. The molecule has 98 valence electrons. The molecule has 0 amide bonds. The molecule has 5 heteroatoms. The van der Waals surface area contributed by atoms with Crippen LogP contribution in [0, 0.1) is 16.1 Å². The number of rotatable bonds is 3. The molecule has 2 heterocycles. The summed E-state index contributed by atoms with van der Waals surface area (Å²) in [6.07, 6.45) is 1.66. The highest BCUT2D eigenvalue weighted by molar-refractivity contribution is 7.71. The molecule has 0 spiro atoms. The van der Waals surface area contributed by atoms with Crippen molar-refractivity contribution in [3.8, 4) is 0 Å². The van der Waals surface area contributed by atoms with Gasteiger partial charge in [-0.1, -0.05) is 39.3 Å². The lowest BCUT2D eigenvalue weighted by Crippen LogP contribution is -2.25. The van der Waals surface area contributed by atoms with Gasteiger partial charge in [-0.25, -0.2) is 4.98 Å². The van der Waals surface area contributed by atoms with Crippen LogP contribution >= 0.6 is 23.8 Å². The van der Waals surface area contributed by atoms with Gasteiger partial charge in [0.05, 0.1) is 10.5 Å². The van der Waals surface area contributed by atoms with Gasteiger partial charge in [0.1, 0.15) is 0 Å². The molecule has 2 rings (SSSR count). The molecule has 0 unspecified atom stereocenters. The van der Waals surface area contributed by atoms with E-state index in [1.807, 2.05) is 6.07 Å². The number of nitrogens with zero attached hydrogens (tertiary/aromatic N) is 2. The van der Waals surface area contributed by atoms with E-state index in [1.54, 1.807) is 6.20 Å². The fourth-order valence-electron chi connectivity index (χ4n) is 1.75. The Labute approximate surface area is 117 Å². The smallest absolute Gasteiger partial charge is 0.179 e. The van der Waals surface area contributed by atoms with Crippen LogP contribution in [0.15, 0.2) is 12.3 Å². The Morgan fingerprint density at radius 3 is 2.78 bits per heavy atom. The van der Waals surface area contributed by atoms with E-state index in [0.29, 0.717) is 15.7 Å². The van der Waals surface area contributed by atoms with E-state index in [1.165, 1.54) is 0 Å². The third-order valence-corrected chi connectivity index (χ3v) is 4.23. The van der Waals surface area contributed by atoms with E-state index in [4.69, 9.17) is 23.8 Å². The minimum atomic E-state index is 0.161. The Morgan fingerprint density at radius 1 is 1.50 bits per heavy atom. The van der Waals surface area contributed by atoms with Crippen LogP contribution in [0.2, 0.25) is 5.02 Å². The molecule has 18 heavy (non-hydrogen) atoms. The molecule has 0 aliphatic carbocycles. The maximum absolute atomic E-state index is 5.94. The molecule has 0 aliphatic heterocycles. The van der Waals surface area contributed by atoms with Crippen LogP contribution in [0.5, 0.6) is 0 Å². The normalized spacial score (nSPS) is 12.6. The molecule has 0 atom stereocenters. The monoisotopic (exact) mass is 283 g/mol. The highest BCUT2D eigenvalue weighted by Crippen LogP contribution is 2.29. The van der Waals surface area contributed by atoms with Crippen LogP contribution in [-0.4, -0.2) is 14.5 Å². The summed E-state index contributed by atoms with van der Waals surface area (Å²) in [4.78, 5) is 7.54. The van der Waals surface area contributed by atoms with Gasteiger partial charge < -0.3 is 9.55 Å². The lowest BCUT2D eigenvalue weighted by Gasteiger charge is -2.29. The Balaban J connectivity index is 2.52. The van der Waals surface area contributed by atoms with E-state index < -0.39 is 0 Å². The first kappa shape index (κ1) is 13.6. The van der Waals surface area contributed by atoms with Crippen molar-refractivity contribution in [2.24, 2.45) is 11.3 Å². The van der Waals surface area contributed by atoms with Gasteiger partial charge >= 0.3 is 0 Å². The zero-order chi connectivity index (χ0) is 13.5. The summed E-state index contributed by atoms with van der Waals surface area (Å²) in [5.41, 5.74) is 1.93. The summed E-state index contributed by atoms with van der Waals surface area (Å²) in [5.74, 6) is 0.566. The second-order valence-electron chi connectivity index (χ2n) is 5.68. The number of nitrogens with one attached hydrogen (secondary N) is 1. The number of H-pyrrole nitrogens is 1. The van der Waals surface area contributed by atoms with Gasteiger partial charge in [0, 0.05) is 12.7 Å². The first-order valence-corrected chi connectivity index (χ1v) is 6.84. The maximum Gasteiger partial charge on any atom is 0.179 e. The number of pyridine rings is 1. The van der Waals surface area contributed by atoms with Crippen molar-refractivity contribution in [3.05, 3.63) is 22.1 Å². The van der Waals surface area contributed by atoms with Crippen LogP contribution in [0.1, 0.15) is 27.7 Å². The predicted molar refractivity (Wildman–Crippen MR) is 78.5 cm³/mol. The molecular weight excluding hydrogens is 266 g/mol. The van der Waals surface area contributed by atoms with Crippen molar-refractivity contribution in [2.45, 2.75) is 34.2 Å². The number of hydrogen-bond acceptors (Lipinski definition) is 2. The topological polar surface area (TPSA) is 33.6 Å². The van der Waals surface area contributed by atoms with Crippen LogP contribution < -0.4 is 0 Å². The molecule has 3 nitrogen and oxygen atoms in total. The van der Waals surface area contributed by atoms with Crippen molar-refractivity contribution in [2.75, 3.05) is 0 Å². The Morgan fingerprint density at radius 2 is 2.17 bits per heavy atom. The Hall–Kier alpha value is -0.870. The molecular formula is C13H18ClN3S. The molecule has 0 aromatic carbocycles. The second-order valence-corrected chi connectivity index (χ2v) is 6.51. The fourth-order valence-corrected chi connectivity index (χ4v) is 2.17. The molecule has 0 saturated heterocycles. The molecule has 1 N–H and O–H groups in total. The summed E-state index contributed by atoms with van der Waals surface area (Å²) in [7, 11) is 0. The molecule has 0 aliphatic rings. The van der Waals surface area contributed by atoms with E-state index in [9.17, 15) is 0 Å². The van der Waals surface area contributed by atoms with Gasteiger partial charge in [0.15, 0.2) is 10.4 Å². The van der Waals surface area contributed by atoms with Crippen molar-refractivity contribution in [3.63, 3.8) is 0 Å². The van der Waals surface area contributed by atoms with E-state index in [-0.39, 0.29) is 5.41 Å². The lowest BCUT2D eigenvalue weighted by atomic mass is 9.81. The summed E-state index contributed by atoms with van der Waals surface area (Å²) in [5, 5.41) is 0.619. The first-order valence-electron chi connectivity index (χ1n) is 6.05. The van der Waals surface area contributed by atoms with Gasteiger partial charge in [-0.15, -0.1) is 0 Å². The van der Waals surface area contributed by atoms with E-state index in [0.717, 1.165) is 17.7 Å². The summed E-state index contributed by atoms with van der Waals surface area (Å²) < 4.78 is 2.76. The van der Waals surface area contributed by atoms with Gasteiger partial charge in [-0.3, -0.25) is 0 Å². The fraction of sp³-hybridized carbons (Fsp3) is 0.538. The quantitative estimate of drug-likeness (QED) is 0.846. The zero-order valence-electron chi connectivity index (χ0n) is 11.1. The second kappa shape index (κ2) is 4.67. The summed E-state index contributed by atoms with van der Waals surface area (Å²) in [6, 6.07) is 1.86. The van der Waals surface area contributed by atoms with Crippen LogP contribution in [0.4, 0.5) is 0 Å². The lowest BCUT2D eigenvalue weighted by molar-refractivity contribution is 0.211. The number of imidazole rings is 1.